The maximum atomic E-state index is 12.5. The molecular weight excluding hydrogens is 274 g/mol. The molecule has 1 fully saturated rings. The summed E-state index contributed by atoms with van der Waals surface area (Å²) in [5.41, 5.74) is 0.339. The predicted octanol–water partition coefficient (Wildman–Crippen LogP) is 1.87. The number of phenols is 1. The highest BCUT2D eigenvalue weighted by Gasteiger charge is 2.29. The van der Waals surface area contributed by atoms with Crippen molar-refractivity contribution in [3.63, 3.8) is 0 Å². The number of carbonyl (C=O) groups excluding carboxylic acids is 1. The van der Waals surface area contributed by atoms with Gasteiger partial charge in [0.05, 0.1) is 13.5 Å². The van der Waals surface area contributed by atoms with E-state index in [-0.39, 0.29) is 24.1 Å². The van der Waals surface area contributed by atoms with Crippen LogP contribution in [0.2, 0.25) is 0 Å². The second-order valence-electron chi connectivity index (χ2n) is 5.13. The van der Waals surface area contributed by atoms with Crippen LogP contribution in [0.1, 0.15) is 36.0 Å². The molecule has 1 aromatic carbocycles. The van der Waals surface area contributed by atoms with Crippen molar-refractivity contribution in [2.75, 3.05) is 13.7 Å². The number of aliphatic carboxylic acids is 1. The predicted molar refractivity (Wildman–Crippen MR) is 75.6 cm³/mol. The number of carboxylic acid groups (broad SMARTS) is 1. The normalized spacial score (nSPS) is 18.3. The number of carbonyl (C=O) groups is 2. The molecule has 1 saturated heterocycles. The largest absolute Gasteiger partial charge is 0.504 e. The van der Waals surface area contributed by atoms with Crippen molar-refractivity contribution in [3.05, 3.63) is 23.8 Å². The van der Waals surface area contributed by atoms with Gasteiger partial charge in [0.1, 0.15) is 0 Å². The highest BCUT2D eigenvalue weighted by Crippen LogP contribution is 2.28. The number of benzene rings is 1. The lowest BCUT2D eigenvalue weighted by Crippen LogP contribution is -2.44. The number of ether oxygens (including phenoxy) is 1. The van der Waals surface area contributed by atoms with Crippen LogP contribution in [0, 0.1) is 0 Å². The van der Waals surface area contributed by atoms with Gasteiger partial charge in [-0.2, -0.15) is 0 Å². The smallest absolute Gasteiger partial charge is 0.305 e. The Balaban J connectivity index is 2.20. The molecule has 1 aliphatic rings. The molecular formula is C15H19NO5. The first-order valence-electron chi connectivity index (χ1n) is 6.92. The van der Waals surface area contributed by atoms with Gasteiger partial charge in [0.15, 0.2) is 11.5 Å². The molecule has 0 spiro atoms. The van der Waals surface area contributed by atoms with Crippen LogP contribution in [0.15, 0.2) is 18.2 Å². The van der Waals surface area contributed by atoms with E-state index in [1.54, 1.807) is 11.0 Å². The molecule has 1 aliphatic heterocycles. The third-order valence-electron chi connectivity index (χ3n) is 3.72. The Morgan fingerprint density at radius 3 is 2.76 bits per heavy atom. The molecule has 1 aromatic rings. The van der Waals surface area contributed by atoms with E-state index >= 15 is 0 Å². The average Bonchev–Trinajstić information content (AvgIpc) is 2.46. The summed E-state index contributed by atoms with van der Waals surface area (Å²) >= 11 is 0. The molecule has 6 heteroatoms. The number of likely N-dealkylation sites (tertiary alicyclic amines) is 1. The number of methoxy groups -OCH3 is 1. The third kappa shape index (κ3) is 3.45. The fraction of sp³-hybridized carbons (Fsp3) is 0.467. The monoisotopic (exact) mass is 293 g/mol. The Morgan fingerprint density at radius 1 is 1.38 bits per heavy atom. The lowest BCUT2D eigenvalue weighted by atomic mass is 9.98. The second kappa shape index (κ2) is 6.47. The first kappa shape index (κ1) is 15.2. The minimum atomic E-state index is -0.905. The van der Waals surface area contributed by atoms with Gasteiger partial charge in [0.2, 0.25) is 0 Å². The van der Waals surface area contributed by atoms with Gasteiger partial charge in [0.25, 0.3) is 5.91 Å². The standard InChI is InChI=1S/C15H19NO5/c1-21-13-6-5-10(8-12(13)17)15(20)16-7-3-2-4-11(16)9-14(18)19/h5-6,8,11,17H,2-4,7,9H2,1H3,(H,18,19). The van der Waals surface area contributed by atoms with Gasteiger partial charge < -0.3 is 19.8 Å². The molecule has 1 amide bonds. The Kier molecular flexibility index (Phi) is 4.67. The van der Waals surface area contributed by atoms with Gasteiger partial charge in [-0.15, -0.1) is 0 Å². The number of carboxylic acids is 1. The summed E-state index contributed by atoms with van der Waals surface area (Å²) in [6.07, 6.45) is 2.44. The van der Waals surface area contributed by atoms with Gasteiger partial charge in [-0.25, -0.2) is 0 Å². The summed E-state index contributed by atoms with van der Waals surface area (Å²) in [6, 6.07) is 4.17. The van der Waals surface area contributed by atoms with Crippen molar-refractivity contribution in [3.8, 4) is 11.5 Å². The van der Waals surface area contributed by atoms with E-state index in [1.807, 2.05) is 0 Å². The maximum absolute atomic E-state index is 12.5. The molecule has 21 heavy (non-hydrogen) atoms. The van der Waals surface area contributed by atoms with E-state index in [9.17, 15) is 14.7 Å². The van der Waals surface area contributed by atoms with Crippen molar-refractivity contribution >= 4 is 11.9 Å². The van der Waals surface area contributed by atoms with Gasteiger partial charge in [-0.3, -0.25) is 9.59 Å². The molecule has 1 unspecified atom stereocenters. The number of phenolic OH excluding ortho intramolecular Hbond substituents is 1. The van der Waals surface area contributed by atoms with Crippen LogP contribution in [-0.2, 0) is 4.79 Å². The number of hydrogen-bond donors (Lipinski definition) is 2. The summed E-state index contributed by atoms with van der Waals surface area (Å²) in [5, 5.41) is 18.7. The summed E-state index contributed by atoms with van der Waals surface area (Å²) < 4.78 is 4.95. The molecule has 0 bridgehead atoms. The molecule has 0 saturated carbocycles. The van der Waals surface area contributed by atoms with Crippen molar-refractivity contribution in [2.24, 2.45) is 0 Å². The second-order valence-corrected chi connectivity index (χ2v) is 5.13. The van der Waals surface area contributed by atoms with Gasteiger partial charge in [-0.1, -0.05) is 0 Å². The van der Waals surface area contributed by atoms with E-state index in [2.05, 4.69) is 0 Å². The minimum Gasteiger partial charge on any atom is -0.504 e. The van der Waals surface area contributed by atoms with Crippen molar-refractivity contribution in [2.45, 2.75) is 31.7 Å². The van der Waals surface area contributed by atoms with Gasteiger partial charge in [-0.05, 0) is 37.5 Å². The van der Waals surface area contributed by atoms with Gasteiger partial charge in [0, 0.05) is 18.2 Å². The molecule has 1 atom stereocenters. The number of amides is 1. The van der Waals surface area contributed by atoms with E-state index < -0.39 is 5.97 Å². The summed E-state index contributed by atoms with van der Waals surface area (Å²) in [7, 11) is 1.43. The average molecular weight is 293 g/mol. The van der Waals surface area contributed by atoms with Crippen LogP contribution in [0.5, 0.6) is 11.5 Å². The highest BCUT2D eigenvalue weighted by molar-refractivity contribution is 5.95. The molecule has 114 valence electrons. The first-order chi connectivity index (χ1) is 10.0. The molecule has 1 heterocycles. The minimum absolute atomic E-state index is 0.0477. The van der Waals surface area contributed by atoms with Crippen molar-refractivity contribution in [1.82, 2.24) is 4.90 Å². The Labute approximate surface area is 122 Å². The van der Waals surface area contributed by atoms with E-state index in [1.165, 1.54) is 19.2 Å². The van der Waals surface area contributed by atoms with E-state index in [0.29, 0.717) is 24.3 Å². The number of rotatable bonds is 4. The zero-order valence-corrected chi connectivity index (χ0v) is 11.9. The van der Waals surface area contributed by atoms with Crippen LogP contribution < -0.4 is 4.74 Å². The van der Waals surface area contributed by atoms with E-state index in [0.717, 1.165) is 12.8 Å². The van der Waals surface area contributed by atoms with Crippen LogP contribution in [0.4, 0.5) is 0 Å². The molecule has 0 radical (unpaired) electrons. The van der Waals surface area contributed by atoms with Crippen LogP contribution in [-0.4, -0.2) is 46.7 Å². The topological polar surface area (TPSA) is 87.1 Å². The lowest BCUT2D eigenvalue weighted by Gasteiger charge is -2.35. The molecule has 6 nitrogen and oxygen atoms in total. The van der Waals surface area contributed by atoms with Crippen LogP contribution in [0.3, 0.4) is 0 Å². The highest BCUT2D eigenvalue weighted by atomic mass is 16.5. The maximum Gasteiger partial charge on any atom is 0.305 e. The van der Waals surface area contributed by atoms with Crippen LogP contribution in [0.25, 0.3) is 0 Å². The molecule has 0 aliphatic carbocycles. The zero-order valence-electron chi connectivity index (χ0n) is 11.9. The zero-order chi connectivity index (χ0) is 15.4. The number of nitrogens with zero attached hydrogens (tertiary/aromatic N) is 1. The fourth-order valence-corrected chi connectivity index (χ4v) is 2.67. The molecule has 2 rings (SSSR count). The van der Waals surface area contributed by atoms with Crippen LogP contribution >= 0.6 is 0 Å². The fourth-order valence-electron chi connectivity index (χ4n) is 2.67. The Hall–Kier alpha value is -2.24. The molecule has 2 N–H and O–H groups in total. The van der Waals surface area contributed by atoms with E-state index in [4.69, 9.17) is 9.84 Å². The first-order valence-corrected chi connectivity index (χ1v) is 6.92. The molecule has 0 aromatic heterocycles. The summed E-state index contributed by atoms with van der Waals surface area (Å²) in [6.45, 7) is 0.545. The number of aromatic hydroxyl groups is 1. The lowest BCUT2D eigenvalue weighted by molar-refractivity contribution is -0.138. The Bertz CT molecular complexity index is 543. The third-order valence-corrected chi connectivity index (χ3v) is 3.72. The number of hydrogen-bond acceptors (Lipinski definition) is 4. The summed E-state index contributed by atoms with van der Waals surface area (Å²) in [5.74, 6) is -0.960. The number of piperidine rings is 1. The van der Waals surface area contributed by atoms with Crippen molar-refractivity contribution in [1.29, 1.82) is 0 Å². The van der Waals surface area contributed by atoms with Gasteiger partial charge >= 0.3 is 5.97 Å². The summed E-state index contributed by atoms with van der Waals surface area (Å²) in [4.78, 5) is 25.0. The quantitative estimate of drug-likeness (QED) is 0.885. The SMILES string of the molecule is COc1ccc(C(=O)N2CCCCC2CC(=O)O)cc1O. The van der Waals surface area contributed by atoms with Crippen molar-refractivity contribution < 1.29 is 24.5 Å². The Morgan fingerprint density at radius 2 is 2.14 bits per heavy atom.